The molecule has 3 heterocycles. The third kappa shape index (κ3) is 4.75. The van der Waals surface area contributed by atoms with Gasteiger partial charge in [-0.05, 0) is 42.7 Å². The van der Waals surface area contributed by atoms with Crippen molar-refractivity contribution < 1.29 is 17.6 Å². The first-order valence-electron chi connectivity index (χ1n) is 9.52. The maximum atomic E-state index is 12.7. The standard InChI is InChI=1S/C20H20ClN3O4S2/c21-15-6-4-5-14(11-15)12-16-13-22-20(29-16)23-19(25)17-7-8-18(28-17)30(26,27)24-9-2-1-3-10-24/h4-8,11,13H,1-3,9-10,12H2,(H,22,23,25). The van der Waals surface area contributed by atoms with Gasteiger partial charge in [0.15, 0.2) is 10.9 Å². The van der Waals surface area contributed by atoms with E-state index in [-0.39, 0.29) is 10.9 Å². The van der Waals surface area contributed by atoms with Crippen LogP contribution in [0.5, 0.6) is 0 Å². The maximum Gasteiger partial charge on any atom is 0.293 e. The summed E-state index contributed by atoms with van der Waals surface area (Å²) >= 11 is 7.35. The van der Waals surface area contributed by atoms with E-state index in [9.17, 15) is 13.2 Å². The number of benzene rings is 1. The fraction of sp³-hybridized carbons (Fsp3) is 0.300. The molecular weight excluding hydrogens is 446 g/mol. The van der Waals surface area contributed by atoms with Crippen molar-refractivity contribution in [2.24, 2.45) is 0 Å². The molecule has 10 heteroatoms. The maximum absolute atomic E-state index is 12.7. The summed E-state index contributed by atoms with van der Waals surface area (Å²) in [7, 11) is -3.72. The topological polar surface area (TPSA) is 92.5 Å². The van der Waals surface area contributed by atoms with Crippen molar-refractivity contribution in [2.75, 3.05) is 18.4 Å². The Kier molecular flexibility index (Phi) is 6.24. The van der Waals surface area contributed by atoms with E-state index in [4.69, 9.17) is 16.0 Å². The minimum absolute atomic E-state index is 0.0721. The Hall–Kier alpha value is -2.20. The van der Waals surface area contributed by atoms with Crippen LogP contribution >= 0.6 is 22.9 Å². The first-order valence-corrected chi connectivity index (χ1v) is 12.2. The molecule has 1 aliphatic rings. The lowest BCUT2D eigenvalue weighted by Gasteiger charge is -2.24. The van der Waals surface area contributed by atoms with E-state index in [1.165, 1.54) is 27.8 Å². The SMILES string of the molecule is O=C(Nc1ncc(Cc2cccc(Cl)c2)s1)c1ccc(S(=O)(=O)N2CCCCC2)o1. The Bertz CT molecular complexity index is 1150. The Balaban J connectivity index is 1.42. The van der Waals surface area contributed by atoms with Gasteiger partial charge >= 0.3 is 0 Å². The lowest BCUT2D eigenvalue weighted by molar-refractivity contribution is 0.0991. The highest BCUT2D eigenvalue weighted by molar-refractivity contribution is 7.89. The zero-order valence-electron chi connectivity index (χ0n) is 16.0. The van der Waals surface area contributed by atoms with Crippen LogP contribution < -0.4 is 5.32 Å². The molecule has 1 fully saturated rings. The van der Waals surface area contributed by atoms with Gasteiger partial charge in [-0.25, -0.2) is 13.4 Å². The highest BCUT2D eigenvalue weighted by atomic mass is 35.5. The molecule has 0 saturated carbocycles. The number of carbonyl (C=O) groups excluding carboxylic acids is 1. The highest BCUT2D eigenvalue weighted by Gasteiger charge is 2.29. The van der Waals surface area contributed by atoms with Crippen molar-refractivity contribution in [2.45, 2.75) is 30.8 Å². The van der Waals surface area contributed by atoms with Crippen LogP contribution in [0.15, 0.2) is 52.1 Å². The summed E-state index contributed by atoms with van der Waals surface area (Å²) in [5.41, 5.74) is 1.04. The van der Waals surface area contributed by atoms with Gasteiger partial charge < -0.3 is 4.42 Å². The molecule has 1 aliphatic heterocycles. The molecule has 1 aromatic carbocycles. The smallest absolute Gasteiger partial charge is 0.293 e. The largest absolute Gasteiger partial charge is 0.438 e. The molecular formula is C20H20ClN3O4S2. The van der Waals surface area contributed by atoms with Gasteiger partial charge in [0.25, 0.3) is 15.9 Å². The van der Waals surface area contributed by atoms with Crippen LogP contribution in [-0.4, -0.2) is 36.7 Å². The number of thiazole rings is 1. The summed E-state index contributed by atoms with van der Waals surface area (Å²) in [5.74, 6) is -0.615. The zero-order chi connectivity index (χ0) is 21.1. The second-order valence-electron chi connectivity index (χ2n) is 6.98. The summed E-state index contributed by atoms with van der Waals surface area (Å²) in [5, 5.41) is 3.52. The normalized spacial score (nSPS) is 15.2. The Morgan fingerprint density at radius 2 is 2.00 bits per heavy atom. The van der Waals surface area contributed by atoms with E-state index >= 15 is 0 Å². The lowest BCUT2D eigenvalue weighted by atomic mass is 10.1. The Morgan fingerprint density at radius 3 is 2.77 bits per heavy atom. The Labute approximate surface area is 183 Å². The van der Waals surface area contributed by atoms with Crippen molar-refractivity contribution in [3.05, 3.63) is 63.8 Å². The molecule has 1 N–H and O–H groups in total. The lowest BCUT2D eigenvalue weighted by Crippen LogP contribution is -2.35. The van der Waals surface area contributed by atoms with E-state index in [2.05, 4.69) is 10.3 Å². The van der Waals surface area contributed by atoms with Crippen LogP contribution in [-0.2, 0) is 16.4 Å². The minimum Gasteiger partial charge on any atom is -0.438 e. The number of hydrogen-bond donors (Lipinski definition) is 1. The molecule has 0 unspecified atom stereocenters. The fourth-order valence-corrected chi connectivity index (χ4v) is 5.75. The summed E-state index contributed by atoms with van der Waals surface area (Å²) in [6, 6.07) is 10.2. The third-order valence-electron chi connectivity index (χ3n) is 4.76. The highest BCUT2D eigenvalue weighted by Crippen LogP contribution is 2.25. The van der Waals surface area contributed by atoms with Gasteiger partial charge in [-0.15, -0.1) is 11.3 Å². The molecule has 1 amide bonds. The number of amides is 1. The molecule has 158 valence electrons. The van der Waals surface area contributed by atoms with Gasteiger partial charge in [0.05, 0.1) is 0 Å². The van der Waals surface area contributed by atoms with Crippen molar-refractivity contribution in [3.63, 3.8) is 0 Å². The van der Waals surface area contributed by atoms with Crippen LogP contribution in [0.3, 0.4) is 0 Å². The quantitative estimate of drug-likeness (QED) is 0.582. The van der Waals surface area contributed by atoms with E-state index in [1.807, 2.05) is 24.3 Å². The molecule has 30 heavy (non-hydrogen) atoms. The van der Waals surface area contributed by atoms with Crippen molar-refractivity contribution in [1.29, 1.82) is 0 Å². The molecule has 0 spiro atoms. The molecule has 4 rings (SSSR count). The number of sulfonamides is 1. The van der Waals surface area contributed by atoms with E-state index in [0.29, 0.717) is 29.7 Å². The summed E-state index contributed by atoms with van der Waals surface area (Å²) in [4.78, 5) is 17.7. The number of nitrogens with one attached hydrogen (secondary N) is 1. The number of anilines is 1. The van der Waals surface area contributed by atoms with Gasteiger partial charge in [0, 0.05) is 35.6 Å². The Morgan fingerprint density at radius 1 is 1.20 bits per heavy atom. The monoisotopic (exact) mass is 465 g/mol. The van der Waals surface area contributed by atoms with Crippen molar-refractivity contribution in [3.8, 4) is 0 Å². The molecule has 1 saturated heterocycles. The number of piperidine rings is 1. The number of carbonyl (C=O) groups is 1. The molecule has 2 aromatic heterocycles. The predicted octanol–water partition coefficient (Wildman–Crippen LogP) is 4.41. The third-order valence-corrected chi connectivity index (χ3v) is 7.68. The number of rotatable bonds is 6. The van der Waals surface area contributed by atoms with E-state index < -0.39 is 15.9 Å². The van der Waals surface area contributed by atoms with Crippen LogP contribution in [0.4, 0.5) is 5.13 Å². The first kappa shape index (κ1) is 21.0. The molecule has 0 atom stereocenters. The molecule has 7 nitrogen and oxygen atoms in total. The number of halogens is 1. The van der Waals surface area contributed by atoms with Crippen LogP contribution in [0.1, 0.15) is 40.3 Å². The summed E-state index contributed by atoms with van der Waals surface area (Å²) in [6.45, 7) is 0.943. The molecule has 0 bridgehead atoms. The minimum atomic E-state index is -3.72. The fourth-order valence-electron chi connectivity index (χ4n) is 3.27. The van der Waals surface area contributed by atoms with Crippen molar-refractivity contribution >= 4 is 44.0 Å². The van der Waals surface area contributed by atoms with E-state index in [0.717, 1.165) is 29.7 Å². The number of hydrogen-bond acceptors (Lipinski definition) is 6. The second-order valence-corrected chi connectivity index (χ2v) is 10.4. The molecule has 3 aromatic rings. The van der Waals surface area contributed by atoms with Crippen LogP contribution in [0, 0.1) is 0 Å². The van der Waals surface area contributed by atoms with Crippen LogP contribution in [0.2, 0.25) is 5.02 Å². The number of aromatic nitrogens is 1. The molecule has 0 radical (unpaired) electrons. The average molecular weight is 466 g/mol. The van der Waals surface area contributed by atoms with Gasteiger partial charge in [0.1, 0.15) is 0 Å². The van der Waals surface area contributed by atoms with E-state index in [1.54, 1.807) is 6.20 Å². The number of nitrogens with zero attached hydrogens (tertiary/aromatic N) is 2. The van der Waals surface area contributed by atoms with Crippen LogP contribution in [0.25, 0.3) is 0 Å². The van der Waals surface area contributed by atoms with Gasteiger partial charge in [-0.1, -0.05) is 30.2 Å². The average Bonchev–Trinajstić information content (AvgIpc) is 3.39. The first-order chi connectivity index (χ1) is 14.4. The predicted molar refractivity (Wildman–Crippen MR) is 116 cm³/mol. The second kappa shape index (κ2) is 8.89. The van der Waals surface area contributed by atoms with Gasteiger partial charge in [-0.3, -0.25) is 10.1 Å². The molecule has 0 aliphatic carbocycles. The zero-order valence-corrected chi connectivity index (χ0v) is 18.4. The van der Waals surface area contributed by atoms with Gasteiger partial charge in [0.2, 0.25) is 5.09 Å². The number of furan rings is 1. The van der Waals surface area contributed by atoms with Crippen molar-refractivity contribution in [1.82, 2.24) is 9.29 Å². The van der Waals surface area contributed by atoms with Gasteiger partial charge in [-0.2, -0.15) is 4.31 Å². The summed E-state index contributed by atoms with van der Waals surface area (Å²) in [6.07, 6.45) is 5.01. The summed E-state index contributed by atoms with van der Waals surface area (Å²) < 4.78 is 32.1.